The van der Waals surface area contributed by atoms with Crippen LogP contribution in [-0.4, -0.2) is 49.6 Å². The van der Waals surface area contributed by atoms with Gasteiger partial charge >= 0.3 is 0 Å². The normalized spacial score (nSPS) is 11.6. The molecule has 0 saturated heterocycles. The standard InChI is InChI=1S/C29H42N2O5/c1-7-25(29(33)30-19-21(4)5)31(20-23-11-10-12-24(17-23)34-6)28(32)16-14-22-13-15-26(35-8-2)27(18-22)36-9-3/h10-13,15,17-18,21,25H,7-9,14,16,19-20H2,1-6H3,(H,30,33). The van der Waals surface area contributed by atoms with E-state index >= 15 is 0 Å². The lowest BCUT2D eigenvalue weighted by Gasteiger charge is -2.31. The van der Waals surface area contributed by atoms with Crippen molar-refractivity contribution < 1.29 is 23.8 Å². The average molecular weight is 499 g/mol. The second-order valence-electron chi connectivity index (χ2n) is 9.08. The first-order valence-corrected chi connectivity index (χ1v) is 12.9. The van der Waals surface area contributed by atoms with Crippen molar-refractivity contribution in [2.45, 2.75) is 66.5 Å². The van der Waals surface area contributed by atoms with Gasteiger partial charge in [0.05, 0.1) is 20.3 Å². The summed E-state index contributed by atoms with van der Waals surface area (Å²) in [6.07, 6.45) is 1.33. The van der Waals surface area contributed by atoms with Gasteiger partial charge in [-0.2, -0.15) is 0 Å². The highest BCUT2D eigenvalue weighted by molar-refractivity contribution is 5.87. The Kier molecular flexibility index (Phi) is 12.1. The number of hydrogen-bond donors (Lipinski definition) is 1. The molecule has 1 unspecified atom stereocenters. The van der Waals surface area contributed by atoms with Gasteiger partial charge in [0.15, 0.2) is 11.5 Å². The minimum absolute atomic E-state index is 0.0730. The zero-order valence-electron chi connectivity index (χ0n) is 22.6. The lowest BCUT2D eigenvalue weighted by molar-refractivity contribution is -0.141. The maximum atomic E-state index is 13.6. The molecule has 1 atom stereocenters. The minimum atomic E-state index is -0.554. The van der Waals surface area contributed by atoms with E-state index in [1.807, 2.05) is 77.1 Å². The van der Waals surface area contributed by atoms with Crippen molar-refractivity contribution in [2.24, 2.45) is 5.92 Å². The lowest BCUT2D eigenvalue weighted by atomic mass is 10.1. The van der Waals surface area contributed by atoms with E-state index < -0.39 is 6.04 Å². The van der Waals surface area contributed by atoms with Crippen LogP contribution in [0.5, 0.6) is 17.2 Å². The summed E-state index contributed by atoms with van der Waals surface area (Å²) >= 11 is 0. The fourth-order valence-corrected chi connectivity index (χ4v) is 3.96. The number of nitrogens with zero attached hydrogens (tertiary/aromatic N) is 1. The average Bonchev–Trinajstić information content (AvgIpc) is 2.87. The molecule has 2 aromatic rings. The molecule has 0 bridgehead atoms. The summed E-state index contributed by atoms with van der Waals surface area (Å²) < 4.78 is 16.7. The largest absolute Gasteiger partial charge is 0.497 e. The molecule has 7 heteroatoms. The number of rotatable bonds is 15. The highest BCUT2D eigenvalue weighted by atomic mass is 16.5. The minimum Gasteiger partial charge on any atom is -0.497 e. The maximum Gasteiger partial charge on any atom is 0.242 e. The molecule has 2 aromatic carbocycles. The summed E-state index contributed by atoms with van der Waals surface area (Å²) in [5.41, 5.74) is 1.89. The van der Waals surface area contributed by atoms with Crippen molar-refractivity contribution in [3.05, 3.63) is 53.6 Å². The van der Waals surface area contributed by atoms with Crippen LogP contribution in [0.1, 0.15) is 58.6 Å². The quantitative estimate of drug-likeness (QED) is 0.374. The van der Waals surface area contributed by atoms with Gasteiger partial charge in [0.25, 0.3) is 0 Å². The first kappa shape index (κ1) is 29.0. The van der Waals surface area contributed by atoms with Gasteiger partial charge in [-0.25, -0.2) is 0 Å². The van der Waals surface area contributed by atoms with Crippen molar-refractivity contribution in [2.75, 3.05) is 26.9 Å². The lowest BCUT2D eigenvalue weighted by Crippen LogP contribution is -2.49. The van der Waals surface area contributed by atoms with Gasteiger partial charge in [-0.15, -0.1) is 0 Å². The van der Waals surface area contributed by atoms with Crippen LogP contribution in [0.2, 0.25) is 0 Å². The second kappa shape index (κ2) is 15.0. The van der Waals surface area contributed by atoms with Crippen LogP contribution < -0.4 is 19.5 Å². The van der Waals surface area contributed by atoms with E-state index in [4.69, 9.17) is 14.2 Å². The Bertz CT molecular complexity index is 976. The zero-order valence-corrected chi connectivity index (χ0v) is 22.6. The predicted octanol–water partition coefficient (Wildman–Crippen LogP) is 5.00. The van der Waals surface area contributed by atoms with Crippen LogP contribution in [0.3, 0.4) is 0 Å². The molecule has 0 spiro atoms. The molecule has 0 aliphatic carbocycles. The van der Waals surface area contributed by atoms with Gasteiger partial charge in [0.2, 0.25) is 11.8 Å². The first-order valence-electron chi connectivity index (χ1n) is 12.9. The SMILES string of the molecule is CCOc1ccc(CCC(=O)N(Cc2cccc(OC)c2)C(CC)C(=O)NCC(C)C)cc1OCC. The number of benzene rings is 2. The number of methoxy groups -OCH3 is 1. The molecule has 0 aliphatic rings. The van der Waals surface area contributed by atoms with Crippen molar-refractivity contribution in [3.63, 3.8) is 0 Å². The molecule has 1 N–H and O–H groups in total. The van der Waals surface area contributed by atoms with Crippen molar-refractivity contribution in [1.29, 1.82) is 0 Å². The molecule has 2 rings (SSSR count). The molecule has 0 aliphatic heterocycles. The topological polar surface area (TPSA) is 77.1 Å². The molecular formula is C29H42N2O5. The Balaban J connectivity index is 2.24. The summed E-state index contributed by atoms with van der Waals surface area (Å²) in [6.45, 7) is 11.9. The van der Waals surface area contributed by atoms with Crippen LogP contribution in [0.25, 0.3) is 0 Å². The van der Waals surface area contributed by atoms with Crippen LogP contribution in [0.15, 0.2) is 42.5 Å². The zero-order chi connectivity index (χ0) is 26.5. The summed E-state index contributed by atoms with van der Waals surface area (Å²) in [5, 5.41) is 3.00. The Hall–Kier alpha value is -3.22. The van der Waals surface area contributed by atoms with E-state index in [1.54, 1.807) is 12.0 Å². The fraction of sp³-hybridized carbons (Fsp3) is 0.517. The van der Waals surface area contributed by atoms with Gasteiger partial charge in [-0.05, 0) is 68.0 Å². The molecule has 0 radical (unpaired) electrons. The number of ether oxygens (including phenoxy) is 3. The van der Waals surface area contributed by atoms with Crippen molar-refractivity contribution >= 4 is 11.8 Å². The summed E-state index contributed by atoms with van der Waals surface area (Å²) in [6, 6.07) is 12.8. The third kappa shape index (κ3) is 8.77. The van der Waals surface area contributed by atoms with E-state index in [2.05, 4.69) is 5.32 Å². The van der Waals surface area contributed by atoms with Gasteiger partial charge in [-0.1, -0.05) is 39.0 Å². The molecule has 198 valence electrons. The number of amides is 2. The van der Waals surface area contributed by atoms with Gasteiger partial charge in [0, 0.05) is 19.5 Å². The number of nitrogens with one attached hydrogen (secondary N) is 1. The van der Waals surface area contributed by atoms with Crippen molar-refractivity contribution in [3.8, 4) is 17.2 Å². The molecule has 0 fully saturated rings. The van der Waals surface area contributed by atoms with Crippen LogP contribution in [0, 0.1) is 5.92 Å². The van der Waals surface area contributed by atoms with Crippen LogP contribution >= 0.6 is 0 Å². The molecule has 36 heavy (non-hydrogen) atoms. The highest BCUT2D eigenvalue weighted by Crippen LogP contribution is 2.29. The monoisotopic (exact) mass is 498 g/mol. The Labute approximate surface area is 216 Å². The van der Waals surface area contributed by atoms with Crippen LogP contribution in [-0.2, 0) is 22.6 Å². The number of carbonyl (C=O) groups is 2. The number of hydrogen-bond acceptors (Lipinski definition) is 5. The van der Waals surface area contributed by atoms with Gasteiger partial charge in [0.1, 0.15) is 11.8 Å². The van der Waals surface area contributed by atoms with E-state index in [9.17, 15) is 9.59 Å². The molecule has 7 nitrogen and oxygen atoms in total. The Morgan fingerprint density at radius 3 is 2.31 bits per heavy atom. The molecular weight excluding hydrogens is 456 g/mol. The third-order valence-corrected chi connectivity index (χ3v) is 5.79. The maximum absolute atomic E-state index is 13.6. The highest BCUT2D eigenvalue weighted by Gasteiger charge is 2.28. The molecule has 0 heterocycles. The van der Waals surface area contributed by atoms with Crippen molar-refractivity contribution in [1.82, 2.24) is 10.2 Å². The van der Waals surface area contributed by atoms with E-state index in [-0.39, 0.29) is 18.2 Å². The summed E-state index contributed by atoms with van der Waals surface area (Å²) in [4.78, 5) is 28.3. The molecule has 0 aromatic heterocycles. The third-order valence-electron chi connectivity index (χ3n) is 5.79. The second-order valence-corrected chi connectivity index (χ2v) is 9.08. The number of aryl methyl sites for hydroxylation is 1. The fourth-order valence-electron chi connectivity index (χ4n) is 3.96. The first-order chi connectivity index (χ1) is 17.3. The summed E-state index contributed by atoms with van der Waals surface area (Å²) in [7, 11) is 1.61. The van der Waals surface area contributed by atoms with Gasteiger partial charge in [-0.3, -0.25) is 9.59 Å². The molecule has 2 amide bonds. The van der Waals surface area contributed by atoms with E-state index in [1.165, 1.54) is 0 Å². The Morgan fingerprint density at radius 1 is 0.944 bits per heavy atom. The molecule has 0 saturated carbocycles. The Morgan fingerprint density at radius 2 is 1.67 bits per heavy atom. The number of carbonyl (C=O) groups excluding carboxylic acids is 2. The van der Waals surface area contributed by atoms with E-state index in [0.29, 0.717) is 56.6 Å². The summed E-state index contributed by atoms with van der Waals surface area (Å²) in [5.74, 6) is 2.22. The predicted molar refractivity (Wildman–Crippen MR) is 143 cm³/mol. The van der Waals surface area contributed by atoms with E-state index in [0.717, 1.165) is 16.9 Å². The smallest absolute Gasteiger partial charge is 0.242 e. The van der Waals surface area contributed by atoms with Crippen LogP contribution in [0.4, 0.5) is 0 Å². The van der Waals surface area contributed by atoms with Gasteiger partial charge < -0.3 is 24.4 Å².